The highest BCUT2D eigenvalue weighted by Gasteiger charge is 2.34. The summed E-state index contributed by atoms with van der Waals surface area (Å²) in [6.45, 7) is 2.60. The van der Waals surface area contributed by atoms with E-state index in [4.69, 9.17) is 4.74 Å². The number of anilines is 2. The largest absolute Gasteiger partial charge is 0.372 e. The maximum absolute atomic E-state index is 14.7. The number of piperidine rings is 1. The number of nitrogens with one attached hydrogen (secondary N) is 4. The highest BCUT2D eigenvalue weighted by Crippen LogP contribution is 2.33. The van der Waals surface area contributed by atoms with E-state index in [1.54, 1.807) is 77.7 Å². The molecular weight excluding hydrogens is 1000 g/mol. The Labute approximate surface area is 466 Å². The van der Waals surface area contributed by atoms with Crippen molar-refractivity contribution in [1.82, 2.24) is 20.4 Å². The monoisotopic (exact) mass is 1060 g/mol. The summed E-state index contributed by atoms with van der Waals surface area (Å²) in [5, 5.41) is 12.2. The van der Waals surface area contributed by atoms with Gasteiger partial charge in [0.1, 0.15) is 0 Å². The Kier molecular flexibility index (Phi) is 17.4. The Hall–Kier alpha value is -9.46. The lowest BCUT2D eigenvalue weighted by Crippen LogP contribution is -2.51. The number of ether oxygens (including phenoxy) is 1. The van der Waals surface area contributed by atoms with Crippen molar-refractivity contribution in [3.8, 4) is 22.3 Å². The number of amides is 6. The van der Waals surface area contributed by atoms with Gasteiger partial charge < -0.3 is 35.8 Å². The van der Waals surface area contributed by atoms with Crippen LogP contribution in [-0.2, 0) is 33.7 Å². The molecule has 0 radical (unpaired) electrons. The van der Waals surface area contributed by atoms with Gasteiger partial charge in [-0.2, -0.15) is 0 Å². The molecule has 2 fully saturated rings. The zero-order valence-electron chi connectivity index (χ0n) is 44.3. The van der Waals surface area contributed by atoms with E-state index < -0.39 is 12.1 Å². The second kappa shape index (κ2) is 25.8. The van der Waals surface area contributed by atoms with Crippen molar-refractivity contribution in [2.24, 2.45) is 0 Å². The molecule has 0 spiro atoms. The van der Waals surface area contributed by atoms with Gasteiger partial charge in [0.15, 0.2) is 0 Å². The van der Waals surface area contributed by atoms with E-state index in [0.29, 0.717) is 69.0 Å². The van der Waals surface area contributed by atoms with Gasteiger partial charge in [-0.15, -0.1) is 0 Å². The van der Waals surface area contributed by atoms with Crippen molar-refractivity contribution >= 4 is 46.8 Å². The Bertz CT molecular complexity index is 3490. The van der Waals surface area contributed by atoms with Gasteiger partial charge in [0.2, 0.25) is 11.8 Å². The van der Waals surface area contributed by atoms with Crippen LogP contribution in [0.5, 0.6) is 0 Å². The highest BCUT2D eigenvalue weighted by atomic mass is 16.5. The first-order chi connectivity index (χ1) is 39.1. The van der Waals surface area contributed by atoms with E-state index in [1.807, 2.05) is 138 Å². The lowest BCUT2D eigenvalue weighted by atomic mass is 9.93. The molecule has 2 atom stereocenters. The highest BCUT2D eigenvalue weighted by molar-refractivity contribution is 6.12. The molecule has 8 aromatic rings. The van der Waals surface area contributed by atoms with E-state index in [0.717, 1.165) is 54.6 Å². The molecule has 2 saturated heterocycles. The van der Waals surface area contributed by atoms with Gasteiger partial charge in [0.05, 0.1) is 31.6 Å². The van der Waals surface area contributed by atoms with Crippen LogP contribution in [0, 0.1) is 0 Å². The van der Waals surface area contributed by atoms with Crippen molar-refractivity contribution in [3.05, 3.63) is 251 Å². The maximum atomic E-state index is 14.7. The fourth-order valence-electron chi connectivity index (χ4n) is 10.5. The number of carbonyl (C=O) groups excluding carboxylic acids is 6. The molecule has 2 unspecified atom stereocenters. The molecule has 6 amide bonds. The molecule has 2 aliphatic heterocycles. The summed E-state index contributed by atoms with van der Waals surface area (Å²) in [4.78, 5) is 86.6. The zero-order chi connectivity index (χ0) is 55.2. The second-order valence-electron chi connectivity index (χ2n) is 20.1. The molecule has 10 rings (SSSR count). The van der Waals surface area contributed by atoms with Crippen molar-refractivity contribution in [2.75, 3.05) is 43.4 Å². The number of morpholine rings is 1. The van der Waals surface area contributed by atoms with Crippen LogP contribution in [0.15, 0.2) is 206 Å². The third-order valence-electron chi connectivity index (χ3n) is 14.6. The number of likely N-dealkylation sites (tertiary alicyclic amines) is 1. The van der Waals surface area contributed by atoms with Crippen LogP contribution in [0.25, 0.3) is 22.3 Å². The van der Waals surface area contributed by atoms with E-state index in [9.17, 15) is 28.8 Å². The first-order valence-corrected chi connectivity index (χ1v) is 27.2. The summed E-state index contributed by atoms with van der Waals surface area (Å²) in [5.74, 6) is -1.32. The summed E-state index contributed by atoms with van der Waals surface area (Å²) in [6.07, 6.45) is 2.70. The van der Waals surface area contributed by atoms with E-state index in [2.05, 4.69) is 21.3 Å². The average Bonchev–Trinajstić information content (AvgIpc) is 3.51. The third kappa shape index (κ3) is 13.3. The quantitative estimate of drug-likeness (QED) is 0.0704. The van der Waals surface area contributed by atoms with Crippen LogP contribution >= 0.6 is 0 Å². The minimum absolute atomic E-state index is 0.0326. The summed E-state index contributed by atoms with van der Waals surface area (Å²) in [6, 6.07) is 62.1. The molecular formula is C67H62N6O7. The van der Waals surface area contributed by atoms with Crippen molar-refractivity contribution in [3.63, 3.8) is 0 Å². The number of hydrogen-bond acceptors (Lipinski definition) is 7. The van der Waals surface area contributed by atoms with Gasteiger partial charge >= 0.3 is 0 Å². The number of carbonyl (C=O) groups is 6. The second-order valence-corrected chi connectivity index (χ2v) is 20.1. The average molecular weight is 1060 g/mol. The van der Waals surface area contributed by atoms with Gasteiger partial charge in [-0.05, 0) is 112 Å². The molecule has 80 heavy (non-hydrogen) atoms. The maximum Gasteiger partial charge on any atom is 0.256 e. The number of rotatable bonds is 17. The normalized spacial score (nSPS) is 14.5. The summed E-state index contributed by atoms with van der Waals surface area (Å²) < 4.78 is 6.37. The first-order valence-electron chi connectivity index (χ1n) is 27.2. The summed E-state index contributed by atoms with van der Waals surface area (Å²) in [7, 11) is 0. The lowest BCUT2D eigenvalue weighted by molar-refractivity contribution is -0.123. The Morgan fingerprint density at radius 3 is 1.40 bits per heavy atom. The van der Waals surface area contributed by atoms with E-state index in [-0.39, 0.29) is 61.4 Å². The Morgan fingerprint density at radius 2 is 0.875 bits per heavy atom. The molecule has 0 aromatic heterocycles. The zero-order valence-corrected chi connectivity index (χ0v) is 44.3. The van der Waals surface area contributed by atoms with Crippen LogP contribution in [0.2, 0.25) is 0 Å². The summed E-state index contributed by atoms with van der Waals surface area (Å²) in [5.41, 5.74) is 8.78. The SMILES string of the molecule is O=C(Cc1ccc(NC(=O)c2ccccc2-c2ccccc2C(=O)N2CCOC(C(NC(=O)Cc3ccc(NC(=O)c4ccccc4-c4ccccc4C(=O)N4CCCCC4)cc3)c3ccccc3)C2)cc1)NCc1ccccc1. The van der Waals surface area contributed by atoms with Crippen LogP contribution in [0.3, 0.4) is 0 Å². The predicted molar refractivity (Wildman–Crippen MR) is 311 cm³/mol. The van der Waals surface area contributed by atoms with Crippen LogP contribution < -0.4 is 21.3 Å². The standard InChI is InChI=1S/C67H62N6O7/c74-61(68-44-48-18-4-1-5-19-48)42-46-30-34-50(35-31-46)69-65(77)57-27-13-9-23-53(57)55-25-11-15-29-59(55)67(79)73-40-41-80-60(45-73)63(49-20-6-2-7-21-49)71-62(75)43-47-32-36-51(37-33-47)70-64(76)56-26-12-8-22-52(56)54-24-10-14-28-58(54)66(78)72-38-16-3-17-39-72/h1-2,4-15,18-37,60,63H,3,16-17,38-45H2,(H,68,74)(H,69,77)(H,70,76)(H,71,75). The fourth-order valence-corrected chi connectivity index (χ4v) is 10.5. The smallest absolute Gasteiger partial charge is 0.256 e. The molecule has 2 heterocycles. The topological polar surface area (TPSA) is 166 Å². The van der Waals surface area contributed by atoms with Crippen LogP contribution in [0.1, 0.15) is 89.0 Å². The molecule has 2 aliphatic rings. The molecule has 13 nitrogen and oxygen atoms in total. The van der Waals surface area contributed by atoms with Crippen LogP contribution in [0.4, 0.5) is 11.4 Å². The van der Waals surface area contributed by atoms with Crippen molar-refractivity contribution < 1.29 is 33.5 Å². The van der Waals surface area contributed by atoms with Crippen LogP contribution in [-0.4, -0.2) is 84.1 Å². The number of hydrogen-bond donors (Lipinski definition) is 4. The molecule has 8 aromatic carbocycles. The minimum Gasteiger partial charge on any atom is -0.372 e. The molecule has 402 valence electrons. The van der Waals surface area contributed by atoms with Gasteiger partial charge in [-0.1, -0.05) is 158 Å². The van der Waals surface area contributed by atoms with Crippen molar-refractivity contribution in [1.29, 1.82) is 0 Å². The third-order valence-corrected chi connectivity index (χ3v) is 14.6. The predicted octanol–water partition coefficient (Wildman–Crippen LogP) is 11.0. The summed E-state index contributed by atoms with van der Waals surface area (Å²) >= 11 is 0. The van der Waals surface area contributed by atoms with Gasteiger partial charge in [-0.25, -0.2) is 0 Å². The van der Waals surface area contributed by atoms with E-state index >= 15 is 0 Å². The van der Waals surface area contributed by atoms with Crippen molar-refractivity contribution in [2.45, 2.75) is 50.8 Å². The molecule has 4 N–H and O–H groups in total. The number of nitrogens with zero attached hydrogens (tertiary/aromatic N) is 2. The fraction of sp³-hybridized carbons (Fsp3) is 0.194. The molecule has 0 bridgehead atoms. The Morgan fingerprint density at radius 1 is 0.438 bits per heavy atom. The molecule has 13 heteroatoms. The van der Waals surface area contributed by atoms with Gasteiger partial charge in [0, 0.05) is 66.4 Å². The Balaban J connectivity index is 0.780. The minimum atomic E-state index is -0.608. The first kappa shape index (κ1) is 53.9. The number of benzene rings is 8. The molecule has 0 saturated carbocycles. The molecule has 0 aliphatic carbocycles. The van der Waals surface area contributed by atoms with Gasteiger partial charge in [0.25, 0.3) is 23.6 Å². The van der Waals surface area contributed by atoms with Gasteiger partial charge in [-0.3, -0.25) is 28.8 Å². The van der Waals surface area contributed by atoms with E-state index in [1.165, 1.54) is 0 Å². The lowest BCUT2D eigenvalue weighted by Gasteiger charge is -2.37.